The Hall–Kier alpha value is -0.560. The maximum Gasteiger partial charge on any atom is 0.0644 e. The minimum atomic E-state index is 0.279. The monoisotopic (exact) mass is 220 g/mol. The first-order chi connectivity index (χ1) is 7.63. The number of aliphatic hydroxyl groups excluding tert-OH is 1. The predicted octanol–water partition coefficient (Wildman–Crippen LogP) is 3.70. The Morgan fingerprint density at radius 1 is 1.38 bits per heavy atom. The molecular formula is C15H24O. The van der Waals surface area contributed by atoms with Crippen molar-refractivity contribution in [1.82, 2.24) is 0 Å². The molecule has 2 rings (SSSR count). The molecule has 90 valence electrons. The van der Waals surface area contributed by atoms with E-state index in [0.29, 0.717) is 5.92 Å². The zero-order chi connectivity index (χ0) is 11.7. The second kappa shape index (κ2) is 4.75. The lowest BCUT2D eigenvalue weighted by molar-refractivity contribution is 0.323. The van der Waals surface area contributed by atoms with E-state index in [2.05, 4.69) is 20.4 Å². The second-order valence-corrected chi connectivity index (χ2v) is 5.73. The second-order valence-electron chi connectivity index (χ2n) is 5.73. The van der Waals surface area contributed by atoms with Gasteiger partial charge >= 0.3 is 0 Å². The summed E-state index contributed by atoms with van der Waals surface area (Å²) in [5, 5.41) is 9.49. The normalized spacial score (nSPS) is 34.8. The van der Waals surface area contributed by atoms with Crippen molar-refractivity contribution < 1.29 is 5.11 Å². The fourth-order valence-electron chi connectivity index (χ4n) is 3.49. The van der Waals surface area contributed by atoms with Crippen LogP contribution in [0.3, 0.4) is 0 Å². The summed E-state index contributed by atoms with van der Waals surface area (Å²) in [5.74, 6) is 2.20. The van der Waals surface area contributed by atoms with Gasteiger partial charge < -0.3 is 5.11 Å². The zero-order valence-electron chi connectivity index (χ0n) is 10.6. The third-order valence-corrected chi connectivity index (χ3v) is 4.68. The van der Waals surface area contributed by atoms with Crippen molar-refractivity contribution in [2.45, 2.75) is 46.0 Å². The Morgan fingerprint density at radius 2 is 2.12 bits per heavy atom. The molecule has 3 atom stereocenters. The summed E-state index contributed by atoms with van der Waals surface area (Å²) in [5.41, 5.74) is 4.27. The SMILES string of the molecule is C=C(C)[C@H]1CCC(CO)=C2CC[C@@H](C)[C@H]2C1. The van der Waals surface area contributed by atoms with E-state index in [0.717, 1.165) is 18.3 Å². The number of hydrogen-bond acceptors (Lipinski definition) is 1. The highest BCUT2D eigenvalue weighted by Crippen LogP contribution is 2.46. The molecule has 2 aliphatic rings. The molecule has 0 aliphatic heterocycles. The van der Waals surface area contributed by atoms with Crippen LogP contribution in [0.4, 0.5) is 0 Å². The maximum atomic E-state index is 9.49. The van der Waals surface area contributed by atoms with Crippen molar-refractivity contribution >= 4 is 0 Å². The van der Waals surface area contributed by atoms with Gasteiger partial charge in [-0.05, 0) is 62.4 Å². The fraction of sp³-hybridized carbons (Fsp3) is 0.733. The van der Waals surface area contributed by atoms with Gasteiger partial charge in [-0.25, -0.2) is 0 Å². The molecule has 0 spiro atoms. The first-order valence-electron chi connectivity index (χ1n) is 6.60. The van der Waals surface area contributed by atoms with Crippen molar-refractivity contribution in [1.29, 1.82) is 0 Å². The smallest absolute Gasteiger partial charge is 0.0644 e. The molecule has 0 saturated heterocycles. The highest BCUT2D eigenvalue weighted by molar-refractivity contribution is 5.25. The Balaban J connectivity index is 2.24. The molecular weight excluding hydrogens is 196 g/mol. The van der Waals surface area contributed by atoms with Crippen molar-refractivity contribution in [3.63, 3.8) is 0 Å². The first kappa shape index (κ1) is 11.9. The van der Waals surface area contributed by atoms with E-state index in [-0.39, 0.29) is 6.61 Å². The Bertz CT molecular complexity index is 313. The van der Waals surface area contributed by atoms with Crippen molar-refractivity contribution in [3.8, 4) is 0 Å². The quantitative estimate of drug-likeness (QED) is 0.704. The molecule has 1 heteroatoms. The third-order valence-electron chi connectivity index (χ3n) is 4.68. The molecule has 1 saturated carbocycles. The van der Waals surface area contributed by atoms with Crippen LogP contribution in [0.5, 0.6) is 0 Å². The molecule has 0 bridgehead atoms. The van der Waals surface area contributed by atoms with Gasteiger partial charge in [-0.3, -0.25) is 0 Å². The number of fused-ring (bicyclic) bond motifs is 1. The topological polar surface area (TPSA) is 20.2 Å². The lowest BCUT2D eigenvalue weighted by Gasteiger charge is -2.22. The molecule has 2 aliphatic carbocycles. The van der Waals surface area contributed by atoms with Gasteiger partial charge in [-0.15, -0.1) is 0 Å². The fourth-order valence-corrected chi connectivity index (χ4v) is 3.49. The molecule has 0 aromatic heterocycles. The first-order valence-corrected chi connectivity index (χ1v) is 6.60. The van der Waals surface area contributed by atoms with Crippen LogP contribution in [-0.4, -0.2) is 11.7 Å². The lowest BCUT2D eigenvalue weighted by atomic mass is 9.83. The van der Waals surface area contributed by atoms with Crippen LogP contribution in [0.2, 0.25) is 0 Å². The van der Waals surface area contributed by atoms with Gasteiger partial charge in [0.15, 0.2) is 0 Å². The zero-order valence-corrected chi connectivity index (χ0v) is 10.6. The van der Waals surface area contributed by atoms with Gasteiger partial charge in [-0.1, -0.05) is 24.6 Å². The Labute approximate surface area is 99.3 Å². The van der Waals surface area contributed by atoms with Gasteiger partial charge in [0.05, 0.1) is 6.61 Å². The summed E-state index contributed by atoms with van der Waals surface area (Å²) >= 11 is 0. The standard InChI is InChI=1S/C15H24O/c1-10(2)12-5-6-13(9-16)14-7-4-11(3)15(14)8-12/h11-12,15-16H,1,4-9H2,2-3H3/t11-,12+,15-/m1/s1. The van der Waals surface area contributed by atoms with Gasteiger partial charge in [0.25, 0.3) is 0 Å². The van der Waals surface area contributed by atoms with Crippen molar-refractivity contribution in [2.24, 2.45) is 17.8 Å². The summed E-state index contributed by atoms with van der Waals surface area (Å²) < 4.78 is 0. The summed E-state index contributed by atoms with van der Waals surface area (Å²) in [6.45, 7) is 8.94. The predicted molar refractivity (Wildman–Crippen MR) is 68.2 cm³/mol. The van der Waals surface area contributed by atoms with Gasteiger partial charge in [0, 0.05) is 0 Å². The summed E-state index contributed by atoms with van der Waals surface area (Å²) in [6, 6.07) is 0. The number of allylic oxidation sites excluding steroid dienone is 2. The number of rotatable bonds is 2. The van der Waals surface area contributed by atoms with Crippen LogP contribution in [0, 0.1) is 17.8 Å². The van der Waals surface area contributed by atoms with Crippen LogP contribution >= 0.6 is 0 Å². The average molecular weight is 220 g/mol. The van der Waals surface area contributed by atoms with E-state index in [1.165, 1.54) is 36.8 Å². The molecule has 0 heterocycles. The van der Waals surface area contributed by atoms with Crippen LogP contribution in [0.1, 0.15) is 46.0 Å². The third kappa shape index (κ3) is 2.10. The molecule has 0 unspecified atom stereocenters. The van der Waals surface area contributed by atoms with Crippen molar-refractivity contribution in [2.75, 3.05) is 6.61 Å². The summed E-state index contributed by atoms with van der Waals surface area (Å²) in [7, 11) is 0. The molecule has 0 aromatic rings. The van der Waals surface area contributed by atoms with Gasteiger partial charge in [0.2, 0.25) is 0 Å². The van der Waals surface area contributed by atoms with Gasteiger partial charge in [0.1, 0.15) is 0 Å². The summed E-state index contributed by atoms with van der Waals surface area (Å²) in [6.07, 6.45) is 6.09. The molecule has 0 amide bonds. The minimum absolute atomic E-state index is 0.279. The molecule has 0 aromatic carbocycles. The summed E-state index contributed by atoms with van der Waals surface area (Å²) in [4.78, 5) is 0. The van der Waals surface area contributed by atoms with E-state index in [4.69, 9.17) is 0 Å². The number of aliphatic hydroxyl groups is 1. The Kier molecular flexibility index (Phi) is 3.53. The van der Waals surface area contributed by atoms with Crippen LogP contribution in [-0.2, 0) is 0 Å². The van der Waals surface area contributed by atoms with E-state index in [9.17, 15) is 5.11 Å². The van der Waals surface area contributed by atoms with E-state index in [1.807, 2.05) is 0 Å². The van der Waals surface area contributed by atoms with E-state index in [1.54, 1.807) is 5.57 Å². The Morgan fingerprint density at radius 3 is 2.75 bits per heavy atom. The maximum absolute atomic E-state index is 9.49. The minimum Gasteiger partial charge on any atom is -0.392 e. The number of hydrogen-bond donors (Lipinski definition) is 1. The highest BCUT2D eigenvalue weighted by Gasteiger charge is 2.34. The van der Waals surface area contributed by atoms with Crippen LogP contribution in [0.15, 0.2) is 23.3 Å². The van der Waals surface area contributed by atoms with Crippen LogP contribution in [0.25, 0.3) is 0 Å². The van der Waals surface area contributed by atoms with Gasteiger partial charge in [-0.2, -0.15) is 0 Å². The molecule has 16 heavy (non-hydrogen) atoms. The molecule has 1 nitrogen and oxygen atoms in total. The molecule has 1 fully saturated rings. The molecule has 0 radical (unpaired) electrons. The van der Waals surface area contributed by atoms with E-state index < -0.39 is 0 Å². The lowest BCUT2D eigenvalue weighted by Crippen LogP contribution is -2.11. The van der Waals surface area contributed by atoms with Crippen molar-refractivity contribution in [3.05, 3.63) is 23.3 Å². The molecule has 1 N–H and O–H groups in total. The average Bonchev–Trinajstić information content (AvgIpc) is 2.51. The van der Waals surface area contributed by atoms with Crippen LogP contribution < -0.4 is 0 Å². The largest absolute Gasteiger partial charge is 0.392 e. The van der Waals surface area contributed by atoms with E-state index >= 15 is 0 Å². The highest BCUT2D eigenvalue weighted by atomic mass is 16.3.